The van der Waals surface area contributed by atoms with Crippen LogP contribution >= 0.6 is 23.4 Å². The molecule has 8 heteroatoms. The smallest absolute Gasteiger partial charge is 0.338 e. The second kappa shape index (κ2) is 10.3. The van der Waals surface area contributed by atoms with Gasteiger partial charge in [0.25, 0.3) is 0 Å². The largest absolute Gasteiger partial charge is 0.463 e. The number of rotatable bonds is 6. The number of allylic oxidation sites excluding steroid dienone is 1. The number of ether oxygens (including phenoxy) is 1. The van der Waals surface area contributed by atoms with E-state index in [4.69, 9.17) is 16.3 Å². The lowest BCUT2D eigenvalue weighted by Gasteiger charge is -2.25. The summed E-state index contributed by atoms with van der Waals surface area (Å²) in [5, 5.41) is 7.12. The van der Waals surface area contributed by atoms with Crippen LogP contribution in [0.5, 0.6) is 0 Å². The van der Waals surface area contributed by atoms with Crippen LogP contribution in [0.15, 0.2) is 70.9 Å². The highest BCUT2D eigenvalue weighted by Crippen LogP contribution is 2.33. The maximum absolute atomic E-state index is 12.5. The Labute approximate surface area is 184 Å². The maximum Gasteiger partial charge on any atom is 0.338 e. The van der Waals surface area contributed by atoms with Crippen molar-refractivity contribution in [1.82, 2.24) is 5.32 Å². The number of amides is 1. The summed E-state index contributed by atoms with van der Waals surface area (Å²) in [6.07, 6.45) is 0. The van der Waals surface area contributed by atoms with Crippen LogP contribution < -0.4 is 10.6 Å². The molecule has 2 aromatic carbocycles. The molecule has 2 N–H and O–H groups in total. The Morgan fingerprint density at radius 3 is 2.53 bits per heavy atom. The molecular weight excluding hydrogens is 422 g/mol. The lowest BCUT2D eigenvalue weighted by molar-refractivity contribution is -0.139. The molecule has 0 aromatic heterocycles. The number of carbonyl (C=O) groups excluding carboxylic acids is 2. The third-order valence-corrected chi connectivity index (χ3v) is 5.44. The van der Waals surface area contributed by atoms with E-state index in [1.165, 1.54) is 11.8 Å². The van der Waals surface area contributed by atoms with Crippen molar-refractivity contribution in [2.24, 2.45) is 4.99 Å². The molecule has 156 valence electrons. The predicted octanol–water partition coefficient (Wildman–Crippen LogP) is 4.55. The number of benzene rings is 2. The zero-order valence-corrected chi connectivity index (χ0v) is 18.2. The zero-order valence-electron chi connectivity index (χ0n) is 16.6. The first-order valence-electron chi connectivity index (χ1n) is 9.43. The molecule has 3 rings (SSSR count). The molecule has 0 saturated heterocycles. The van der Waals surface area contributed by atoms with Crippen molar-refractivity contribution in [1.29, 1.82) is 0 Å². The first kappa shape index (κ1) is 21.9. The molecule has 2 aromatic rings. The van der Waals surface area contributed by atoms with Crippen molar-refractivity contribution >= 4 is 46.1 Å². The number of carbonyl (C=O) groups is 2. The number of para-hydroxylation sites is 1. The summed E-state index contributed by atoms with van der Waals surface area (Å²) >= 11 is 7.28. The standard InChI is InChI=1S/C22H22ClN3O3S/c1-3-29-21(28)19-14(2)24-22(26-20(19)15-9-11-16(23)12-10-15)30-13-18(27)25-17-7-5-4-6-8-17/h4-12,20H,3,13H2,1-2H3,(H,24,26)(H,25,27)/t20-/m1/s1. The zero-order chi connectivity index (χ0) is 21.5. The van der Waals surface area contributed by atoms with Crippen LogP contribution in [0.1, 0.15) is 25.5 Å². The van der Waals surface area contributed by atoms with E-state index >= 15 is 0 Å². The minimum Gasteiger partial charge on any atom is -0.463 e. The van der Waals surface area contributed by atoms with Gasteiger partial charge in [0, 0.05) is 16.4 Å². The van der Waals surface area contributed by atoms with Crippen molar-refractivity contribution in [3.63, 3.8) is 0 Å². The topological polar surface area (TPSA) is 79.8 Å². The van der Waals surface area contributed by atoms with Crippen LogP contribution in [-0.2, 0) is 14.3 Å². The average molecular weight is 444 g/mol. The highest BCUT2D eigenvalue weighted by atomic mass is 35.5. The molecular formula is C22H22ClN3O3S. The van der Waals surface area contributed by atoms with Crippen molar-refractivity contribution in [3.8, 4) is 0 Å². The van der Waals surface area contributed by atoms with Gasteiger partial charge >= 0.3 is 5.97 Å². The molecule has 0 saturated carbocycles. The van der Waals surface area contributed by atoms with Gasteiger partial charge in [0.15, 0.2) is 5.17 Å². The maximum atomic E-state index is 12.5. The van der Waals surface area contributed by atoms with Gasteiger partial charge in [0.05, 0.1) is 17.9 Å². The molecule has 1 aliphatic rings. The monoisotopic (exact) mass is 443 g/mol. The van der Waals surface area contributed by atoms with Crippen molar-refractivity contribution in [2.75, 3.05) is 17.7 Å². The summed E-state index contributed by atoms with van der Waals surface area (Å²) < 4.78 is 5.22. The van der Waals surface area contributed by atoms with E-state index in [1.54, 1.807) is 26.0 Å². The van der Waals surface area contributed by atoms with E-state index in [-0.39, 0.29) is 18.3 Å². The molecule has 30 heavy (non-hydrogen) atoms. The minimum atomic E-state index is -0.540. The van der Waals surface area contributed by atoms with Gasteiger partial charge in [-0.15, -0.1) is 0 Å². The fourth-order valence-electron chi connectivity index (χ4n) is 2.93. The van der Waals surface area contributed by atoms with Gasteiger partial charge in [-0.25, -0.2) is 9.79 Å². The number of aliphatic imine (C=N–C) groups is 1. The summed E-state index contributed by atoms with van der Waals surface area (Å²) in [5.74, 6) is -0.385. The molecule has 1 heterocycles. The number of thioether (sulfide) groups is 1. The van der Waals surface area contributed by atoms with Gasteiger partial charge in [-0.2, -0.15) is 0 Å². The van der Waals surface area contributed by atoms with Crippen molar-refractivity contribution in [2.45, 2.75) is 19.9 Å². The quantitative estimate of drug-likeness (QED) is 0.640. The van der Waals surface area contributed by atoms with Crippen LogP contribution in [0.2, 0.25) is 5.02 Å². The summed E-state index contributed by atoms with van der Waals surface area (Å²) in [6.45, 7) is 3.83. The molecule has 0 aliphatic carbocycles. The summed E-state index contributed by atoms with van der Waals surface area (Å²) in [4.78, 5) is 29.5. The first-order chi connectivity index (χ1) is 14.5. The Morgan fingerprint density at radius 2 is 1.87 bits per heavy atom. The Hall–Kier alpha value is -2.77. The lowest BCUT2D eigenvalue weighted by atomic mass is 9.97. The van der Waals surface area contributed by atoms with Crippen LogP contribution in [0.4, 0.5) is 5.69 Å². The molecule has 0 bridgehead atoms. The molecule has 6 nitrogen and oxygen atoms in total. The number of anilines is 1. The molecule has 1 atom stereocenters. The molecule has 0 unspecified atom stereocenters. The molecule has 1 aliphatic heterocycles. The van der Waals surface area contributed by atoms with Crippen molar-refractivity contribution in [3.05, 3.63) is 76.5 Å². The van der Waals surface area contributed by atoms with Gasteiger partial charge in [0.1, 0.15) is 6.04 Å². The Bertz CT molecular complexity index is 975. The van der Waals surface area contributed by atoms with Gasteiger partial charge in [-0.1, -0.05) is 53.7 Å². The Kier molecular flexibility index (Phi) is 7.54. The van der Waals surface area contributed by atoms with Gasteiger partial charge in [0.2, 0.25) is 5.91 Å². The molecule has 0 spiro atoms. The van der Waals surface area contributed by atoms with E-state index < -0.39 is 12.0 Å². The summed E-state index contributed by atoms with van der Waals surface area (Å²) in [7, 11) is 0. The predicted molar refractivity (Wildman–Crippen MR) is 122 cm³/mol. The van der Waals surface area contributed by atoms with E-state index in [2.05, 4.69) is 15.6 Å². The van der Waals surface area contributed by atoms with Gasteiger partial charge < -0.3 is 15.4 Å². The normalized spacial score (nSPS) is 15.8. The molecule has 0 radical (unpaired) electrons. The number of esters is 1. The first-order valence-corrected chi connectivity index (χ1v) is 10.8. The Morgan fingerprint density at radius 1 is 1.17 bits per heavy atom. The number of nitrogens with zero attached hydrogens (tertiary/aromatic N) is 1. The number of halogens is 1. The average Bonchev–Trinajstić information content (AvgIpc) is 2.73. The third kappa shape index (κ3) is 5.64. The highest BCUT2D eigenvalue weighted by molar-refractivity contribution is 8.14. The van der Waals surface area contributed by atoms with Crippen LogP contribution in [0.25, 0.3) is 0 Å². The van der Waals surface area contributed by atoms with Crippen LogP contribution in [0, 0.1) is 0 Å². The third-order valence-electron chi connectivity index (χ3n) is 4.30. The second-order valence-corrected chi connectivity index (χ2v) is 7.88. The van der Waals surface area contributed by atoms with Gasteiger partial charge in [-0.3, -0.25) is 4.79 Å². The van der Waals surface area contributed by atoms with E-state index in [1.807, 2.05) is 42.5 Å². The Balaban J connectivity index is 1.77. The fraction of sp³-hybridized carbons (Fsp3) is 0.227. The van der Waals surface area contributed by atoms with Crippen LogP contribution in [-0.4, -0.2) is 29.4 Å². The van der Waals surface area contributed by atoms with E-state index in [0.29, 0.717) is 21.5 Å². The van der Waals surface area contributed by atoms with E-state index in [0.717, 1.165) is 11.3 Å². The molecule has 1 amide bonds. The fourth-order valence-corrected chi connectivity index (χ4v) is 3.80. The number of hydrogen-bond donors (Lipinski definition) is 2. The van der Waals surface area contributed by atoms with Crippen molar-refractivity contribution < 1.29 is 14.3 Å². The van der Waals surface area contributed by atoms with Gasteiger partial charge in [-0.05, 0) is 43.7 Å². The molecule has 0 fully saturated rings. The minimum absolute atomic E-state index is 0.142. The summed E-state index contributed by atoms with van der Waals surface area (Å²) in [6, 6.07) is 15.9. The van der Waals surface area contributed by atoms with Crippen LogP contribution in [0.3, 0.4) is 0 Å². The number of hydrogen-bond acceptors (Lipinski definition) is 6. The lowest BCUT2D eigenvalue weighted by Crippen LogP contribution is -2.31. The number of amidine groups is 1. The SMILES string of the molecule is CCOC(=O)C1=C(C)NC(SCC(=O)Nc2ccccc2)=N[C@@H]1c1ccc(Cl)cc1. The number of nitrogens with one attached hydrogen (secondary N) is 2. The summed E-state index contributed by atoms with van der Waals surface area (Å²) in [5.41, 5.74) is 2.64. The second-order valence-electron chi connectivity index (χ2n) is 6.48. The highest BCUT2D eigenvalue weighted by Gasteiger charge is 2.30. The van der Waals surface area contributed by atoms with E-state index in [9.17, 15) is 9.59 Å².